The van der Waals surface area contributed by atoms with Crippen molar-refractivity contribution in [2.45, 2.75) is 19.0 Å². The highest BCUT2D eigenvalue weighted by atomic mass is 35.5. The molecule has 1 heterocycles. The quantitative estimate of drug-likeness (QED) is 0.508. The molecule has 0 saturated carbocycles. The van der Waals surface area contributed by atoms with E-state index in [0.717, 1.165) is 17.3 Å². The second-order valence-corrected chi connectivity index (χ2v) is 6.83. The number of nitrogens with zero attached hydrogens (tertiary/aromatic N) is 3. The van der Waals surface area contributed by atoms with Crippen molar-refractivity contribution in [1.29, 1.82) is 0 Å². The number of alkyl halides is 3. The van der Waals surface area contributed by atoms with E-state index in [-0.39, 0.29) is 15.6 Å². The van der Waals surface area contributed by atoms with Gasteiger partial charge in [0.2, 0.25) is 0 Å². The summed E-state index contributed by atoms with van der Waals surface area (Å²) in [7, 11) is 0. The minimum absolute atomic E-state index is 0.00635. The van der Waals surface area contributed by atoms with Gasteiger partial charge in [0.1, 0.15) is 12.7 Å². The van der Waals surface area contributed by atoms with E-state index in [0.29, 0.717) is 5.56 Å². The third kappa shape index (κ3) is 4.70. The van der Waals surface area contributed by atoms with E-state index in [1.807, 2.05) is 13.0 Å². The molecule has 3 nitrogen and oxygen atoms in total. The molecule has 0 bridgehead atoms. The molecule has 0 spiro atoms. The van der Waals surface area contributed by atoms with E-state index in [1.54, 1.807) is 23.1 Å². The Bertz CT molecular complexity index is 947. The van der Waals surface area contributed by atoms with Crippen molar-refractivity contribution < 1.29 is 13.2 Å². The fourth-order valence-electron chi connectivity index (χ4n) is 2.69. The molecule has 0 fully saturated rings. The highest BCUT2D eigenvalue weighted by Crippen LogP contribution is 2.38. The first-order chi connectivity index (χ1) is 12.7. The van der Waals surface area contributed by atoms with Crippen molar-refractivity contribution in [3.63, 3.8) is 0 Å². The average Bonchev–Trinajstić information content (AvgIpc) is 3.08. The van der Waals surface area contributed by atoms with Gasteiger partial charge in [-0.2, -0.15) is 18.3 Å². The van der Waals surface area contributed by atoms with Crippen LogP contribution in [0.4, 0.5) is 13.2 Å². The molecule has 3 rings (SSSR count). The Hall–Kier alpha value is -2.31. The second-order valence-electron chi connectivity index (χ2n) is 5.96. The smallest absolute Gasteiger partial charge is 0.223 e. The van der Waals surface area contributed by atoms with Gasteiger partial charge < -0.3 is 0 Å². The summed E-state index contributed by atoms with van der Waals surface area (Å²) in [5.74, 6) is -1.82. The van der Waals surface area contributed by atoms with Crippen LogP contribution >= 0.6 is 23.2 Å². The molecule has 8 heteroatoms. The molecular weight excluding hydrogens is 398 g/mol. The molecule has 1 aromatic heterocycles. The van der Waals surface area contributed by atoms with Crippen LogP contribution in [-0.2, 0) is 0 Å². The minimum atomic E-state index is -4.47. The lowest BCUT2D eigenvalue weighted by molar-refractivity contribution is -0.139. The van der Waals surface area contributed by atoms with Gasteiger partial charge in [0, 0.05) is 10.0 Å². The summed E-state index contributed by atoms with van der Waals surface area (Å²) in [4.78, 5) is 3.88. The van der Waals surface area contributed by atoms with Crippen LogP contribution in [0.1, 0.15) is 22.6 Å². The average molecular weight is 412 g/mol. The van der Waals surface area contributed by atoms with Crippen molar-refractivity contribution >= 4 is 29.3 Å². The van der Waals surface area contributed by atoms with Crippen molar-refractivity contribution in [2.75, 3.05) is 0 Å². The number of aromatic nitrogens is 3. The van der Waals surface area contributed by atoms with Gasteiger partial charge in [-0.05, 0) is 53.9 Å². The Balaban J connectivity index is 1.93. The summed E-state index contributed by atoms with van der Waals surface area (Å²) in [5.41, 5.74) is 2.25. The van der Waals surface area contributed by atoms with Crippen molar-refractivity contribution in [2.24, 2.45) is 0 Å². The van der Waals surface area contributed by atoms with Gasteiger partial charge >= 0.3 is 6.18 Å². The van der Waals surface area contributed by atoms with E-state index in [2.05, 4.69) is 10.1 Å². The number of benzene rings is 2. The summed E-state index contributed by atoms with van der Waals surface area (Å²) in [5, 5.41) is 4.36. The standard InChI is InChI=1S/C19H14Cl2F3N3/c1-12-6-17(27-11-25-10-26-27)4-2-13(12)3-5-18(19(22,23)24)14-7-15(20)9-16(21)8-14/h2-11,18H,1H3/b5-3+. The van der Waals surface area contributed by atoms with Crippen LogP contribution < -0.4 is 0 Å². The zero-order valence-electron chi connectivity index (χ0n) is 14.1. The molecule has 0 aliphatic rings. The highest BCUT2D eigenvalue weighted by molar-refractivity contribution is 6.34. The molecule has 0 radical (unpaired) electrons. The van der Waals surface area contributed by atoms with Crippen molar-refractivity contribution in [3.05, 3.63) is 81.9 Å². The normalized spacial score (nSPS) is 13.3. The molecule has 1 atom stereocenters. The zero-order valence-corrected chi connectivity index (χ0v) is 15.6. The first-order valence-corrected chi connectivity index (χ1v) is 8.66. The van der Waals surface area contributed by atoms with Crippen LogP contribution in [0.15, 0.2) is 55.1 Å². The van der Waals surface area contributed by atoms with Gasteiger partial charge in [0.15, 0.2) is 0 Å². The maximum absolute atomic E-state index is 13.6. The molecular formula is C19H14Cl2F3N3. The lowest BCUT2D eigenvalue weighted by Crippen LogP contribution is -2.18. The van der Waals surface area contributed by atoms with Crippen LogP contribution in [0, 0.1) is 6.92 Å². The Morgan fingerprint density at radius 3 is 2.33 bits per heavy atom. The number of hydrogen-bond acceptors (Lipinski definition) is 2. The van der Waals surface area contributed by atoms with E-state index in [4.69, 9.17) is 23.2 Å². The van der Waals surface area contributed by atoms with Gasteiger partial charge in [0.05, 0.1) is 11.6 Å². The van der Waals surface area contributed by atoms with Gasteiger partial charge in [-0.25, -0.2) is 9.67 Å². The first kappa shape index (κ1) is 19.5. The molecule has 1 unspecified atom stereocenters. The molecule has 0 amide bonds. The number of hydrogen-bond donors (Lipinski definition) is 0. The van der Waals surface area contributed by atoms with Gasteiger partial charge in [0.25, 0.3) is 0 Å². The minimum Gasteiger partial charge on any atom is -0.223 e. The Labute approximate surface area is 164 Å². The molecule has 3 aromatic rings. The zero-order chi connectivity index (χ0) is 19.6. The lowest BCUT2D eigenvalue weighted by atomic mass is 9.96. The van der Waals surface area contributed by atoms with Crippen LogP contribution in [0.5, 0.6) is 0 Å². The number of allylic oxidation sites excluding steroid dienone is 1. The first-order valence-electron chi connectivity index (χ1n) is 7.90. The van der Waals surface area contributed by atoms with Gasteiger partial charge in [-0.1, -0.05) is 41.4 Å². The number of aryl methyl sites for hydroxylation is 1. The topological polar surface area (TPSA) is 30.7 Å². The largest absolute Gasteiger partial charge is 0.399 e. The van der Waals surface area contributed by atoms with E-state index < -0.39 is 12.1 Å². The van der Waals surface area contributed by atoms with Crippen LogP contribution in [0.25, 0.3) is 11.8 Å². The predicted molar refractivity (Wildman–Crippen MR) is 100 cm³/mol. The maximum atomic E-state index is 13.6. The summed E-state index contributed by atoms with van der Waals surface area (Å²) in [6, 6.07) is 9.28. The maximum Gasteiger partial charge on any atom is 0.399 e. The summed E-state index contributed by atoms with van der Waals surface area (Å²) in [6.45, 7) is 1.82. The Morgan fingerprint density at radius 2 is 1.78 bits per heavy atom. The monoisotopic (exact) mass is 411 g/mol. The Kier molecular flexibility index (Phi) is 5.58. The third-order valence-electron chi connectivity index (χ3n) is 4.00. The molecule has 0 aliphatic heterocycles. The van der Waals surface area contributed by atoms with E-state index in [9.17, 15) is 13.2 Å². The van der Waals surface area contributed by atoms with E-state index >= 15 is 0 Å². The molecule has 27 heavy (non-hydrogen) atoms. The number of rotatable bonds is 4. The SMILES string of the molecule is Cc1cc(-n2cncn2)ccc1/C=C/C(c1cc(Cl)cc(Cl)c1)C(F)(F)F. The van der Waals surface area contributed by atoms with Gasteiger partial charge in [-0.15, -0.1) is 0 Å². The molecule has 0 saturated heterocycles. The molecule has 0 N–H and O–H groups in total. The van der Waals surface area contributed by atoms with Crippen LogP contribution in [-0.4, -0.2) is 20.9 Å². The number of halogens is 5. The van der Waals surface area contributed by atoms with Crippen LogP contribution in [0.3, 0.4) is 0 Å². The predicted octanol–water partition coefficient (Wildman–Crippen LogP) is 6.24. The lowest BCUT2D eigenvalue weighted by Gasteiger charge is -2.18. The fourth-order valence-corrected chi connectivity index (χ4v) is 3.24. The van der Waals surface area contributed by atoms with Crippen molar-refractivity contribution in [1.82, 2.24) is 14.8 Å². The van der Waals surface area contributed by atoms with Crippen molar-refractivity contribution in [3.8, 4) is 5.69 Å². The highest BCUT2D eigenvalue weighted by Gasteiger charge is 2.39. The van der Waals surface area contributed by atoms with Crippen LogP contribution in [0.2, 0.25) is 10.0 Å². The molecule has 140 valence electrons. The summed E-state index contributed by atoms with van der Waals surface area (Å²) < 4.78 is 42.3. The third-order valence-corrected chi connectivity index (χ3v) is 4.44. The molecule has 2 aromatic carbocycles. The molecule has 0 aliphatic carbocycles. The van der Waals surface area contributed by atoms with E-state index in [1.165, 1.54) is 30.6 Å². The second kappa shape index (κ2) is 7.74. The summed E-state index contributed by atoms with van der Waals surface area (Å²) in [6.07, 6.45) is 1.05. The van der Waals surface area contributed by atoms with Gasteiger partial charge in [-0.3, -0.25) is 0 Å². The fraction of sp³-hybridized carbons (Fsp3) is 0.158. The Morgan fingerprint density at radius 1 is 1.07 bits per heavy atom. The summed E-state index contributed by atoms with van der Waals surface area (Å²) >= 11 is 11.7.